The summed E-state index contributed by atoms with van der Waals surface area (Å²) >= 11 is 1.98. The molecule has 1 aromatic rings. The van der Waals surface area contributed by atoms with Crippen LogP contribution < -0.4 is 4.74 Å². The number of para-hydroxylation sites is 1. The maximum Gasteiger partial charge on any atom is 0.305 e. The molecule has 0 unspecified atom stereocenters. The lowest BCUT2D eigenvalue weighted by Crippen LogP contribution is -2.27. The summed E-state index contributed by atoms with van der Waals surface area (Å²) in [5.41, 5.74) is 0. The van der Waals surface area contributed by atoms with Gasteiger partial charge >= 0.3 is 5.97 Å². The topological polar surface area (TPSA) is 76.0 Å². The van der Waals surface area contributed by atoms with Crippen molar-refractivity contribution in [2.24, 2.45) is 11.8 Å². The zero-order valence-corrected chi connectivity index (χ0v) is 17.8. The van der Waals surface area contributed by atoms with Crippen molar-refractivity contribution in [1.29, 1.82) is 0 Å². The van der Waals surface area contributed by atoms with E-state index in [0.29, 0.717) is 22.8 Å². The van der Waals surface area contributed by atoms with Crippen molar-refractivity contribution in [3.8, 4) is 5.75 Å². The summed E-state index contributed by atoms with van der Waals surface area (Å²) in [6, 6.07) is 9.45. The first kappa shape index (κ1) is 22.2. The summed E-state index contributed by atoms with van der Waals surface area (Å²) in [7, 11) is 1.43. The first-order valence-electron chi connectivity index (χ1n) is 10.5. The summed E-state index contributed by atoms with van der Waals surface area (Å²) in [5.74, 6) is 1.14. The number of benzene rings is 1. The SMILES string of the molecule is COC(=O)CCC[C@@H]1CC[C@@H]2[C@@H](C=C[C@@H](O)COc3ccccc3)[C@H](O)C[C@@H]2S1. The van der Waals surface area contributed by atoms with Gasteiger partial charge in [0, 0.05) is 22.8 Å². The van der Waals surface area contributed by atoms with Crippen molar-refractivity contribution in [3.05, 3.63) is 42.5 Å². The average Bonchev–Trinajstić information content (AvgIpc) is 3.05. The van der Waals surface area contributed by atoms with Crippen LogP contribution in [0.3, 0.4) is 0 Å². The number of carbonyl (C=O) groups is 1. The van der Waals surface area contributed by atoms with E-state index in [1.165, 1.54) is 7.11 Å². The Morgan fingerprint density at radius 1 is 1.31 bits per heavy atom. The number of aliphatic hydroxyl groups is 2. The zero-order chi connectivity index (χ0) is 20.6. The highest BCUT2D eigenvalue weighted by Gasteiger charge is 2.44. The summed E-state index contributed by atoms with van der Waals surface area (Å²) in [6.07, 6.45) is 8.09. The van der Waals surface area contributed by atoms with Crippen LogP contribution in [0.2, 0.25) is 0 Å². The van der Waals surface area contributed by atoms with Crippen LogP contribution in [0.4, 0.5) is 0 Å². The van der Waals surface area contributed by atoms with Crippen LogP contribution in [0.1, 0.15) is 38.5 Å². The van der Waals surface area contributed by atoms with E-state index in [0.717, 1.165) is 37.9 Å². The van der Waals surface area contributed by atoms with Gasteiger partial charge in [0.2, 0.25) is 0 Å². The number of hydrogen-bond donors (Lipinski definition) is 2. The maximum absolute atomic E-state index is 11.3. The van der Waals surface area contributed by atoms with Gasteiger partial charge in [-0.2, -0.15) is 11.8 Å². The fourth-order valence-electron chi connectivity index (χ4n) is 4.40. The third kappa shape index (κ3) is 6.49. The number of rotatable bonds is 9. The van der Waals surface area contributed by atoms with Crippen LogP contribution in [0, 0.1) is 11.8 Å². The second kappa shape index (κ2) is 11.0. The second-order valence-electron chi connectivity index (χ2n) is 7.96. The second-order valence-corrected chi connectivity index (χ2v) is 9.51. The van der Waals surface area contributed by atoms with Crippen molar-refractivity contribution >= 4 is 17.7 Å². The van der Waals surface area contributed by atoms with E-state index in [4.69, 9.17) is 9.47 Å². The van der Waals surface area contributed by atoms with E-state index < -0.39 is 6.10 Å². The molecular weight excluding hydrogens is 388 g/mol. The molecule has 6 heteroatoms. The quantitative estimate of drug-likeness (QED) is 0.470. The predicted octanol–water partition coefficient (Wildman–Crippen LogP) is 3.59. The Bertz CT molecular complexity index is 664. The first-order chi connectivity index (χ1) is 14.1. The van der Waals surface area contributed by atoms with Gasteiger partial charge in [0.05, 0.1) is 13.2 Å². The monoisotopic (exact) mass is 420 g/mol. The molecule has 0 aromatic heterocycles. The number of aliphatic hydroxyl groups excluding tert-OH is 2. The fourth-order valence-corrected chi connectivity index (χ4v) is 6.30. The van der Waals surface area contributed by atoms with Gasteiger partial charge < -0.3 is 19.7 Å². The standard InChI is InChI=1S/C23H32O5S/c1-27-23(26)9-5-8-18-11-13-20-19(21(25)14-22(20)29-18)12-10-16(24)15-28-17-6-3-2-4-7-17/h2-4,6-7,10,12,16,18-22,24-25H,5,8-9,11,13-15H2,1H3/t16-,18-,19-,20-,21-,22+/m1/s1. The number of esters is 1. The lowest BCUT2D eigenvalue weighted by atomic mass is 9.88. The van der Waals surface area contributed by atoms with Crippen LogP contribution in [-0.2, 0) is 9.53 Å². The molecule has 1 aromatic carbocycles. The van der Waals surface area contributed by atoms with E-state index in [2.05, 4.69) is 0 Å². The van der Waals surface area contributed by atoms with Gasteiger partial charge in [0.15, 0.2) is 0 Å². The highest BCUT2D eigenvalue weighted by atomic mass is 32.2. The fraction of sp³-hybridized carbons (Fsp3) is 0.609. The summed E-state index contributed by atoms with van der Waals surface area (Å²) < 4.78 is 10.3. The average molecular weight is 421 g/mol. The Balaban J connectivity index is 1.44. The molecule has 0 bridgehead atoms. The van der Waals surface area contributed by atoms with E-state index in [-0.39, 0.29) is 24.6 Å². The van der Waals surface area contributed by atoms with E-state index >= 15 is 0 Å². The van der Waals surface area contributed by atoms with Crippen LogP contribution in [0.5, 0.6) is 5.75 Å². The molecule has 1 saturated heterocycles. The van der Waals surface area contributed by atoms with Crippen LogP contribution in [-0.4, -0.2) is 52.6 Å². The van der Waals surface area contributed by atoms with Gasteiger partial charge in [-0.15, -0.1) is 0 Å². The lowest BCUT2D eigenvalue weighted by molar-refractivity contribution is -0.140. The summed E-state index contributed by atoms with van der Waals surface area (Å²) in [6.45, 7) is 0.203. The maximum atomic E-state index is 11.3. The van der Waals surface area contributed by atoms with E-state index in [1.54, 1.807) is 6.08 Å². The van der Waals surface area contributed by atoms with Gasteiger partial charge in [-0.05, 0) is 50.2 Å². The number of ether oxygens (including phenoxy) is 2. The molecule has 2 fully saturated rings. The number of hydrogen-bond acceptors (Lipinski definition) is 6. The zero-order valence-electron chi connectivity index (χ0n) is 17.0. The molecule has 0 amide bonds. The van der Waals surface area contributed by atoms with Crippen LogP contribution >= 0.6 is 11.8 Å². The smallest absolute Gasteiger partial charge is 0.305 e. The molecule has 3 rings (SSSR count). The highest BCUT2D eigenvalue weighted by molar-refractivity contribution is 8.00. The Morgan fingerprint density at radius 3 is 2.86 bits per heavy atom. The molecule has 1 aliphatic carbocycles. The molecule has 2 N–H and O–H groups in total. The molecule has 0 spiro atoms. The minimum absolute atomic E-state index is 0.0925. The molecule has 5 nitrogen and oxygen atoms in total. The van der Waals surface area contributed by atoms with E-state index in [1.807, 2.05) is 48.2 Å². The third-order valence-electron chi connectivity index (χ3n) is 5.93. The number of methoxy groups -OCH3 is 1. The molecule has 6 atom stereocenters. The number of carbonyl (C=O) groups excluding carboxylic acids is 1. The highest BCUT2D eigenvalue weighted by Crippen LogP contribution is 2.49. The summed E-state index contributed by atoms with van der Waals surface area (Å²) in [4.78, 5) is 11.3. The van der Waals surface area contributed by atoms with Crippen LogP contribution in [0.15, 0.2) is 42.5 Å². The molecule has 2 aliphatic rings. The molecule has 1 aliphatic heterocycles. The van der Waals surface area contributed by atoms with Gasteiger partial charge in [-0.25, -0.2) is 0 Å². The van der Waals surface area contributed by atoms with Crippen molar-refractivity contribution in [1.82, 2.24) is 0 Å². The molecular formula is C23H32O5S. The number of thioether (sulfide) groups is 1. The third-order valence-corrected chi connectivity index (χ3v) is 7.68. The van der Waals surface area contributed by atoms with Gasteiger partial charge in [-0.1, -0.05) is 30.4 Å². The molecule has 160 valence electrons. The Morgan fingerprint density at radius 2 is 2.10 bits per heavy atom. The van der Waals surface area contributed by atoms with Gasteiger partial charge in [-0.3, -0.25) is 4.79 Å². The lowest BCUT2D eigenvalue weighted by Gasteiger charge is -2.33. The number of fused-ring (bicyclic) bond motifs is 1. The largest absolute Gasteiger partial charge is 0.491 e. The predicted molar refractivity (Wildman–Crippen MR) is 115 cm³/mol. The van der Waals surface area contributed by atoms with Crippen molar-refractivity contribution < 1.29 is 24.5 Å². The van der Waals surface area contributed by atoms with Crippen molar-refractivity contribution in [2.45, 2.75) is 61.2 Å². The molecule has 0 radical (unpaired) electrons. The minimum atomic E-state index is -0.691. The van der Waals surface area contributed by atoms with E-state index in [9.17, 15) is 15.0 Å². The Kier molecular flexibility index (Phi) is 8.45. The van der Waals surface area contributed by atoms with Crippen molar-refractivity contribution in [2.75, 3.05) is 13.7 Å². The van der Waals surface area contributed by atoms with Gasteiger partial charge in [0.25, 0.3) is 0 Å². The van der Waals surface area contributed by atoms with Gasteiger partial charge in [0.1, 0.15) is 18.5 Å². The van der Waals surface area contributed by atoms with Crippen LogP contribution in [0.25, 0.3) is 0 Å². The Hall–Kier alpha value is -1.50. The molecule has 1 saturated carbocycles. The first-order valence-corrected chi connectivity index (χ1v) is 11.5. The Labute approximate surface area is 177 Å². The summed E-state index contributed by atoms with van der Waals surface area (Å²) in [5, 5.41) is 21.8. The van der Waals surface area contributed by atoms with Crippen molar-refractivity contribution in [3.63, 3.8) is 0 Å². The normalized spacial score (nSPS) is 30.1. The minimum Gasteiger partial charge on any atom is -0.491 e. The molecule has 1 heterocycles. The molecule has 29 heavy (non-hydrogen) atoms.